The topological polar surface area (TPSA) is 89.0 Å². The highest BCUT2D eigenvalue weighted by molar-refractivity contribution is 7.14. The summed E-state index contributed by atoms with van der Waals surface area (Å²) in [5, 5.41) is 9.65. The Morgan fingerprint density at radius 1 is 1.36 bits per heavy atom. The Morgan fingerprint density at radius 2 is 2.12 bits per heavy atom. The fourth-order valence-corrected chi connectivity index (χ4v) is 3.33. The van der Waals surface area contributed by atoms with Gasteiger partial charge in [-0.25, -0.2) is 14.6 Å². The van der Waals surface area contributed by atoms with Crippen LogP contribution in [-0.2, 0) is 4.74 Å². The second-order valence-corrected chi connectivity index (χ2v) is 7.11. The van der Waals surface area contributed by atoms with Crippen LogP contribution < -0.4 is 4.74 Å². The predicted octanol–water partition coefficient (Wildman–Crippen LogP) is 2.89. The zero-order chi connectivity index (χ0) is 18.0. The number of likely N-dealkylation sites (tertiary alicyclic amines) is 1. The van der Waals surface area contributed by atoms with Crippen molar-refractivity contribution in [2.75, 3.05) is 26.8 Å². The number of carboxylic acid groups (broad SMARTS) is 1. The molecule has 7 nitrogen and oxygen atoms in total. The third kappa shape index (κ3) is 3.90. The summed E-state index contributed by atoms with van der Waals surface area (Å²) in [5.41, 5.74) is 1.18. The second kappa shape index (κ2) is 7.10. The van der Waals surface area contributed by atoms with E-state index in [0.29, 0.717) is 31.0 Å². The van der Waals surface area contributed by atoms with E-state index in [4.69, 9.17) is 14.6 Å². The molecule has 2 aromatic rings. The maximum absolute atomic E-state index is 11.9. The molecule has 2 heterocycles. The quantitative estimate of drug-likeness (QED) is 0.823. The molecular formula is C17H18N2O5S. The Balaban J connectivity index is 1.76. The lowest BCUT2D eigenvalue weighted by molar-refractivity contribution is 0.0572. The van der Waals surface area contributed by atoms with Crippen molar-refractivity contribution < 1.29 is 24.2 Å². The Hall–Kier alpha value is -2.61. The van der Waals surface area contributed by atoms with Crippen LogP contribution in [-0.4, -0.2) is 53.9 Å². The van der Waals surface area contributed by atoms with E-state index in [1.807, 2.05) is 13.0 Å². The number of nitrogens with zero attached hydrogens (tertiary/aromatic N) is 2. The van der Waals surface area contributed by atoms with Gasteiger partial charge in [-0.15, -0.1) is 11.3 Å². The number of esters is 1. The normalized spacial score (nSPS) is 14.1. The van der Waals surface area contributed by atoms with Crippen molar-refractivity contribution in [1.82, 2.24) is 9.88 Å². The van der Waals surface area contributed by atoms with E-state index < -0.39 is 12.1 Å². The Kier molecular flexibility index (Phi) is 4.89. The molecule has 0 radical (unpaired) electrons. The molecule has 1 aliphatic heterocycles. The van der Waals surface area contributed by atoms with Gasteiger partial charge < -0.3 is 19.5 Å². The van der Waals surface area contributed by atoms with E-state index in [2.05, 4.69) is 4.98 Å². The Bertz CT molecular complexity index is 798. The standard InChI is InChI=1S/C17H18N2O5S/c1-10-6-18-15(25-10)12-3-13(16(20)23-2)5-14(4-12)24-9-11-7-19(8-11)17(21)22/h3-6,11H,7-9H2,1-2H3,(H,21,22). The molecule has 1 aromatic heterocycles. The largest absolute Gasteiger partial charge is 0.493 e. The summed E-state index contributed by atoms with van der Waals surface area (Å²) in [6.45, 7) is 3.29. The molecule has 0 aliphatic carbocycles. The van der Waals surface area contributed by atoms with E-state index in [0.717, 1.165) is 15.4 Å². The minimum absolute atomic E-state index is 0.156. The van der Waals surface area contributed by atoms with E-state index in [9.17, 15) is 9.59 Å². The first-order valence-electron chi connectivity index (χ1n) is 7.73. The Labute approximate surface area is 148 Å². The van der Waals surface area contributed by atoms with Crippen LogP contribution in [0.4, 0.5) is 4.79 Å². The molecule has 1 aliphatic rings. The molecule has 3 rings (SSSR count). The summed E-state index contributed by atoms with van der Waals surface area (Å²) in [4.78, 5) is 29.5. The number of rotatable bonds is 5. The van der Waals surface area contributed by atoms with Gasteiger partial charge in [-0.2, -0.15) is 0 Å². The molecular weight excluding hydrogens is 344 g/mol. The zero-order valence-corrected chi connectivity index (χ0v) is 14.7. The number of carbonyl (C=O) groups excluding carboxylic acids is 1. The van der Waals surface area contributed by atoms with Gasteiger partial charge in [-0.1, -0.05) is 0 Å². The molecule has 132 valence electrons. The number of methoxy groups -OCH3 is 1. The van der Waals surface area contributed by atoms with Crippen molar-refractivity contribution in [2.24, 2.45) is 5.92 Å². The van der Waals surface area contributed by atoms with Gasteiger partial charge in [0.25, 0.3) is 0 Å². The van der Waals surface area contributed by atoms with Crippen LogP contribution in [0, 0.1) is 12.8 Å². The van der Waals surface area contributed by atoms with Crippen LogP contribution in [0.15, 0.2) is 24.4 Å². The van der Waals surface area contributed by atoms with Crippen molar-refractivity contribution in [1.29, 1.82) is 0 Å². The molecule has 0 atom stereocenters. The lowest BCUT2D eigenvalue weighted by Gasteiger charge is -2.36. The van der Waals surface area contributed by atoms with Gasteiger partial charge in [0.05, 0.1) is 19.3 Å². The highest BCUT2D eigenvalue weighted by Gasteiger charge is 2.30. The smallest absolute Gasteiger partial charge is 0.407 e. The molecule has 25 heavy (non-hydrogen) atoms. The maximum atomic E-state index is 11.9. The minimum Gasteiger partial charge on any atom is -0.493 e. The van der Waals surface area contributed by atoms with Crippen LogP contribution in [0.3, 0.4) is 0 Å². The summed E-state index contributed by atoms with van der Waals surface area (Å²) < 4.78 is 10.6. The van der Waals surface area contributed by atoms with E-state index in [-0.39, 0.29) is 5.92 Å². The summed E-state index contributed by atoms with van der Waals surface area (Å²) in [5.74, 6) is 0.253. The van der Waals surface area contributed by atoms with Crippen molar-refractivity contribution >= 4 is 23.4 Å². The third-order valence-electron chi connectivity index (χ3n) is 3.91. The highest BCUT2D eigenvalue weighted by Crippen LogP contribution is 2.30. The SMILES string of the molecule is COC(=O)c1cc(OCC2CN(C(=O)O)C2)cc(-c2ncc(C)s2)c1. The second-order valence-electron chi connectivity index (χ2n) is 5.88. The lowest BCUT2D eigenvalue weighted by Crippen LogP contribution is -2.51. The number of hydrogen-bond donors (Lipinski definition) is 1. The number of ether oxygens (including phenoxy) is 2. The summed E-state index contributed by atoms with van der Waals surface area (Å²) in [6.07, 6.45) is 0.866. The molecule has 1 N–H and O–H groups in total. The van der Waals surface area contributed by atoms with Crippen LogP contribution in [0.2, 0.25) is 0 Å². The van der Waals surface area contributed by atoms with Gasteiger partial charge in [0.1, 0.15) is 10.8 Å². The molecule has 0 saturated carbocycles. The van der Waals surface area contributed by atoms with E-state index >= 15 is 0 Å². The number of amides is 1. The van der Waals surface area contributed by atoms with Crippen LogP contribution in [0.25, 0.3) is 10.6 Å². The molecule has 1 aromatic carbocycles. The highest BCUT2D eigenvalue weighted by atomic mass is 32.1. The number of aryl methyl sites for hydroxylation is 1. The number of benzene rings is 1. The monoisotopic (exact) mass is 362 g/mol. The van der Waals surface area contributed by atoms with Gasteiger partial charge in [-0.3, -0.25) is 0 Å². The summed E-state index contributed by atoms with van der Waals surface area (Å²) in [7, 11) is 1.33. The predicted molar refractivity (Wildman–Crippen MR) is 92.2 cm³/mol. The number of carbonyl (C=O) groups is 2. The van der Waals surface area contributed by atoms with Crippen molar-refractivity contribution in [3.05, 3.63) is 34.8 Å². The summed E-state index contributed by atoms with van der Waals surface area (Å²) in [6, 6.07) is 5.19. The van der Waals surface area contributed by atoms with E-state index in [1.54, 1.807) is 18.3 Å². The van der Waals surface area contributed by atoms with Crippen LogP contribution in [0.5, 0.6) is 5.75 Å². The van der Waals surface area contributed by atoms with Crippen molar-refractivity contribution in [3.8, 4) is 16.3 Å². The van der Waals surface area contributed by atoms with Crippen LogP contribution >= 0.6 is 11.3 Å². The first-order chi connectivity index (χ1) is 12.0. The van der Waals surface area contributed by atoms with Gasteiger partial charge in [0.2, 0.25) is 0 Å². The molecule has 0 bridgehead atoms. The van der Waals surface area contributed by atoms with Crippen LogP contribution in [0.1, 0.15) is 15.2 Å². The van der Waals surface area contributed by atoms with Gasteiger partial charge in [-0.05, 0) is 25.1 Å². The molecule has 8 heteroatoms. The number of hydrogen-bond acceptors (Lipinski definition) is 6. The molecule has 1 saturated heterocycles. The number of thiazole rings is 1. The molecule has 1 fully saturated rings. The Morgan fingerprint density at radius 3 is 2.72 bits per heavy atom. The fourth-order valence-electron chi connectivity index (χ4n) is 2.58. The lowest BCUT2D eigenvalue weighted by atomic mass is 10.0. The molecule has 0 unspecified atom stereocenters. The summed E-state index contributed by atoms with van der Waals surface area (Å²) >= 11 is 1.53. The first-order valence-corrected chi connectivity index (χ1v) is 8.55. The molecule has 0 spiro atoms. The minimum atomic E-state index is -0.912. The maximum Gasteiger partial charge on any atom is 0.407 e. The van der Waals surface area contributed by atoms with Crippen molar-refractivity contribution in [2.45, 2.75) is 6.92 Å². The average molecular weight is 362 g/mol. The van der Waals surface area contributed by atoms with E-state index in [1.165, 1.54) is 23.3 Å². The number of aromatic nitrogens is 1. The zero-order valence-electron chi connectivity index (χ0n) is 13.9. The van der Waals surface area contributed by atoms with Gasteiger partial charge in [0, 0.05) is 35.6 Å². The first kappa shape index (κ1) is 17.2. The molecule has 1 amide bonds. The third-order valence-corrected chi connectivity index (χ3v) is 4.87. The van der Waals surface area contributed by atoms with Gasteiger partial charge >= 0.3 is 12.1 Å². The van der Waals surface area contributed by atoms with Crippen molar-refractivity contribution in [3.63, 3.8) is 0 Å². The van der Waals surface area contributed by atoms with Gasteiger partial charge in [0.15, 0.2) is 0 Å². The fraction of sp³-hybridized carbons (Fsp3) is 0.353. The average Bonchev–Trinajstić information content (AvgIpc) is 2.98.